The van der Waals surface area contributed by atoms with Crippen LogP contribution in [0.5, 0.6) is 0 Å². The zero-order valence-corrected chi connectivity index (χ0v) is 22.5. The molecule has 0 spiro atoms. The number of aliphatic hydroxyl groups excluding tert-OH is 1. The summed E-state index contributed by atoms with van der Waals surface area (Å²) >= 11 is 3.41. The molecule has 4 aromatic rings. The van der Waals surface area contributed by atoms with Gasteiger partial charge in [0.2, 0.25) is 5.78 Å². The summed E-state index contributed by atoms with van der Waals surface area (Å²) in [7, 11) is 0. The van der Waals surface area contributed by atoms with Gasteiger partial charge in [-0.25, -0.2) is 4.79 Å². The topological polar surface area (TPSA) is 97.0 Å². The molecule has 38 heavy (non-hydrogen) atoms. The summed E-state index contributed by atoms with van der Waals surface area (Å²) in [6, 6.07) is 19.7. The Balaban J connectivity index is 1.63. The number of aryl methyl sites for hydroxylation is 1. The summed E-state index contributed by atoms with van der Waals surface area (Å²) in [5, 5.41) is 11.8. The number of carbonyl (C=O) groups is 3. The van der Waals surface area contributed by atoms with Crippen molar-refractivity contribution in [3.8, 4) is 0 Å². The van der Waals surface area contributed by atoms with Crippen LogP contribution in [0.2, 0.25) is 0 Å². The monoisotopic (exact) mass is 573 g/mol. The largest absolute Gasteiger partial charge is 0.503 e. The fourth-order valence-corrected chi connectivity index (χ4v) is 4.96. The lowest BCUT2D eigenvalue weighted by Crippen LogP contribution is -2.31. The maximum absolute atomic E-state index is 13.8. The van der Waals surface area contributed by atoms with E-state index in [1.165, 1.54) is 11.0 Å². The number of esters is 1. The molecule has 1 amide bonds. The van der Waals surface area contributed by atoms with Gasteiger partial charge in [-0.1, -0.05) is 51.8 Å². The van der Waals surface area contributed by atoms with Gasteiger partial charge < -0.3 is 14.3 Å². The minimum Gasteiger partial charge on any atom is -0.503 e. The first-order chi connectivity index (χ1) is 18.1. The number of nitrogens with zero attached hydrogens (tertiary/aromatic N) is 1. The van der Waals surface area contributed by atoms with Crippen molar-refractivity contribution in [3.63, 3.8) is 0 Å². The van der Waals surface area contributed by atoms with Gasteiger partial charge in [0.1, 0.15) is 5.58 Å². The molecule has 0 fully saturated rings. The Kier molecular flexibility index (Phi) is 6.67. The zero-order valence-electron chi connectivity index (χ0n) is 20.9. The molecule has 1 aromatic heterocycles. The van der Waals surface area contributed by atoms with Crippen LogP contribution in [-0.4, -0.2) is 28.9 Å². The molecule has 1 atom stereocenters. The molecule has 5 rings (SSSR count). The summed E-state index contributed by atoms with van der Waals surface area (Å²) in [5.41, 5.74) is 2.52. The normalized spacial score (nSPS) is 15.6. The van der Waals surface area contributed by atoms with E-state index in [1.54, 1.807) is 56.3 Å². The van der Waals surface area contributed by atoms with Gasteiger partial charge >= 0.3 is 5.97 Å². The van der Waals surface area contributed by atoms with Crippen LogP contribution in [0.15, 0.2) is 93.0 Å². The van der Waals surface area contributed by atoms with Gasteiger partial charge in [-0.15, -0.1) is 0 Å². The average molecular weight is 574 g/mol. The van der Waals surface area contributed by atoms with Gasteiger partial charge in [0.05, 0.1) is 23.3 Å². The van der Waals surface area contributed by atoms with Gasteiger partial charge in [-0.3, -0.25) is 14.5 Å². The van der Waals surface area contributed by atoms with E-state index in [4.69, 9.17) is 9.15 Å². The Bertz CT molecular complexity index is 1630. The Morgan fingerprint density at radius 2 is 1.79 bits per heavy atom. The van der Waals surface area contributed by atoms with Crippen LogP contribution in [0.1, 0.15) is 51.9 Å². The van der Waals surface area contributed by atoms with Crippen molar-refractivity contribution < 1.29 is 28.6 Å². The second kappa shape index (κ2) is 9.95. The molecular weight excluding hydrogens is 550 g/mol. The molecule has 1 unspecified atom stereocenters. The van der Waals surface area contributed by atoms with E-state index in [0.717, 1.165) is 10.0 Å². The van der Waals surface area contributed by atoms with Gasteiger partial charge in [0.15, 0.2) is 11.5 Å². The molecule has 1 aliphatic rings. The fraction of sp³-hybridized carbons (Fsp3) is 0.167. The summed E-state index contributed by atoms with van der Waals surface area (Å²) in [6.45, 7) is 5.39. The molecule has 0 bridgehead atoms. The fourth-order valence-electron chi connectivity index (χ4n) is 4.58. The first kappa shape index (κ1) is 25.5. The standard InChI is InChI=1S/C30H24BrNO6/c1-16(2)37-30(36)19-8-5-9-22(14-19)32-26(18-7-4-6-17(3)12-18)25(28(34)29(32)35)27(33)24-15-20-13-21(31)10-11-23(20)38-24/h4-16,26,34H,1-3H3. The molecule has 0 saturated carbocycles. The zero-order chi connectivity index (χ0) is 27.1. The first-order valence-electron chi connectivity index (χ1n) is 12.0. The number of hydrogen-bond acceptors (Lipinski definition) is 6. The number of ketones is 1. The molecule has 8 heteroatoms. The summed E-state index contributed by atoms with van der Waals surface area (Å²) < 4.78 is 11.9. The van der Waals surface area contributed by atoms with Crippen LogP contribution >= 0.6 is 15.9 Å². The smallest absolute Gasteiger partial charge is 0.338 e. The van der Waals surface area contributed by atoms with Crippen LogP contribution in [0.3, 0.4) is 0 Å². The number of hydrogen-bond donors (Lipinski definition) is 1. The van der Waals surface area contributed by atoms with Crippen molar-refractivity contribution in [2.24, 2.45) is 0 Å². The number of anilines is 1. The third-order valence-corrected chi connectivity index (χ3v) is 6.71. The third-order valence-electron chi connectivity index (χ3n) is 6.22. The summed E-state index contributed by atoms with van der Waals surface area (Å²) in [5.74, 6) is -2.57. The predicted octanol–water partition coefficient (Wildman–Crippen LogP) is 6.85. The number of rotatable bonds is 6. The van der Waals surface area contributed by atoms with Crippen LogP contribution in [0, 0.1) is 6.92 Å². The lowest BCUT2D eigenvalue weighted by atomic mass is 9.93. The number of aliphatic hydroxyl groups is 1. The molecular formula is C30H24BrNO6. The second-order valence-electron chi connectivity index (χ2n) is 9.38. The highest BCUT2D eigenvalue weighted by molar-refractivity contribution is 9.10. The molecule has 192 valence electrons. The molecule has 0 saturated heterocycles. The van der Waals surface area contributed by atoms with E-state index in [0.29, 0.717) is 22.2 Å². The predicted molar refractivity (Wildman–Crippen MR) is 146 cm³/mol. The summed E-state index contributed by atoms with van der Waals surface area (Å²) in [6.07, 6.45) is -0.320. The molecule has 0 aliphatic carbocycles. The number of carbonyl (C=O) groups excluding carboxylic acids is 3. The highest BCUT2D eigenvalue weighted by Crippen LogP contribution is 2.42. The molecule has 2 heterocycles. The number of benzene rings is 3. The van der Waals surface area contributed by atoms with Crippen LogP contribution < -0.4 is 4.90 Å². The SMILES string of the molecule is Cc1cccc(C2C(C(=O)c3cc4cc(Br)ccc4o3)=C(O)C(=O)N2c2cccc(C(=O)OC(C)C)c2)c1. The van der Waals surface area contributed by atoms with Crippen molar-refractivity contribution in [3.05, 3.63) is 111 Å². The Labute approximate surface area is 227 Å². The molecule has 1 N–H and O–H groups in total. The Morgan fingerprint density at radius 1 is 1.03 bits per heavy atom. The van der Waals surface area contributed by atoms with Gasteiger partial charge in [-0.2, -0.15) is 0 Å². The van der Waals surface area contributed by atoms with Crippen molar-refractivity contribution in [1.82, 2.24) is 0 Å². The van der Waals surface area contributed by atoms with Gasteiger partial charge in [0, 0.05) is 15.5 Å². The number of ether oxygens (including phenoxy) is 1. The number of fused-ring (bicyclic) bond motifs is 1. The minimum atomic E-state index is -0.953. The summed E-state index contributed by atoms with van der Waals surface area (Å²) in [4.78, 5) is 41.2. The van der Waals surface area contributed by atoms with Crippen LogP contribution in [0.4, 0.5) is 5.69 Å². The maximum atomic E-state index is 13.8. The van der Waals surface area contributed by atoms with Crippen molar-refractivity contribution in [2.75, 3.05) is 4.90 Å². The molecule has 7 nitrogen and oxygen atoms in total. The molecule has 0 radical (unpaired) electrons. The van der Waals surface area contributed by atoms with Crippen LogP contribution in [-0.2, 0) is 9.53 Å². The van der Waals surface area contributed by atoms with E-state index in [9.17, 15) is 19.5 Å². The van der Waals surface area contributed by atoms with E-state index in [2.05, 4.69) is 15.9 Å². The first-order valence-corrected chi connectivity index (χ1v) is 12.8. The molecule has 1 aliphatic heterocycles. The highest BCUT2D eigenvalue weighted by atomic mass is 79.9. The molecule has 3 aromatic carbocycles. The second-order valence-corrected chi connectivity index (χ2v) is 10.3. The van der Waals surface area contributed by atoms with Crippen molar-refractivity contribution >= 4 is 50.2 Å². The Morgan fingerprint density at radius 3 is 2.53 bits per heavy atom. The van der Waals surface area contributed by atoms with Gasteiger partial charge in [0.25, 0.3) is 5.91 Å². The lowest BCUT2D eigenvalue weighted by Gasteiger charge is -2.27. The van der Waals surface area contributed by atoms with E-state index >= 15 is 0 Å². The van der Waals surface area contributed by atoms with Crippen molar-refractivity contribution in [1.29, 1.82) is 0 Å². The number of amides is 1. The van der Waals surface area contributed by atoms with E-state index in [1.807, 2.05) is 31.2 Å². The van der Waals surface area contributed by atoms with E-state index in [-0.39, 0.29) is 23.0 Å². The minimum absolute atomic E-state index is 0.00112. The maximum Gasteiger partial charge on any atom is 0.338 e. The quantitative estimate of drug-likeness (QED) is 0.200. The van der Waals surface area contributed by atoms with E-state index < -0.39 is 29.5 Å². The number of halogens is 1. The van der Waals surface area contributed by atoms with Crippen molar-refractivity contribution in [2.45, 2.75) is 32.9 Å². The van der Waals surface area contributed by atoms with Crippen LogP contribution in [0.25, 0.3) is 11.0 Å². The lowest BCUT2D eigenvalue weighted by molar-refractivity contribution is -0.117. The average Bonchev–Trinajstić information content (AvgIpc) is 3.41. The third kappa shape index (κ3) is 4.63. The highest BCUT2D eigenvalue weighted by Gasteiger charge is 2.45. The number of furan rings is 1. The van der Waals surface area contributed by atoms with Gasteiger partial charge in [-0.05, 0) is 68.8 Å². The Hall–Kier alpha value is -4.17. The number of Topliss-reactive ketones (excluding diaryl/α,β-unsaturated/α-hetero) is 1.